The second-order valence-corrected chi connectivity index (χ2v) is 10.4. The summed E-state index contributed by atoms with van der Waals surface area (Å²) in [6, 6.07) is 9.81. The summed E-state index contributed by atoms with van der Waals surface area (Å²) in [6.07, 6.45) is -0.162. The Labute approximate surface area is 230 Å². The number of rotatable bonds is 7. The summed E-state index contributed by atoms with van der Waals surface area (Å²) in [4.78, 5) is 44.5. The van der Waals surface area contributed by atoms with Gasteiger partial charge in [0.2, 0.25) is 24.5 Å². The van der Waals surface area contributed by atoms with E-state index in [9.17, 15) is 14.4 Å². The van der Waals surface area contributed by atoms with Crippen molar-refractivity contribution in [2.24, 2.45) is 0 Å². The van der Waals surface area contributed by atoms with Gasteiger partial charge in [-0.3, -0.25) is 24.2 Å². The topological polar surface area (TPSA) is 103 Å². The molecule has 12 heteroatoms. The van der Waals surface area contributed by atoms with Gasteiger partial charge in [-0.05, 0) is 35.9 Å². The third-order valence-corrected chi connectivity index (χ3v) is 7.28. The highest BCUT2D eigenvalue weighted by Gasteiger charge is 2.35. The Kier molecular flexibility index (Phi) is 8.23. The molecule has 0 bridgehead atoms. The average molecular weight is 562 g/mol. The van der Waals surface area contributed by atoms with Crippen molar-refractivity contribution >= 4 is 46.6 Å². The zero-order chi connectivity index (χ0) is 26.6. The van der Waals surface area contributed by atoms with Crippen molar-refractivity contribution in [3.63, 3.8) is 0 Å². The fourth-order valence-electron chi connectivity index (χ4n) is 4.91. The SMILES string of the molecule is O=C(C[C@@H]1C(=O)NCCN1C(=O)CN1CCN(Cc2ccc3c(c2)OCO3)CC1)Nc1cc(Cl)cc(Cl)c1. The van der Waals surface area contributed by atoms with Gasteiger partial charge < -0.3 is 25.0 Å². The summed E-state index contributed by atoms with van der Waals surface area (Å²) in [6.45, 7) is 5.06. The predicted octanol–water partition coefficient (Wildman–Crippen LogP) is 2.20. The molecule has 0 spiro atoms. The van der Waals surface area contributed by atoms with Gasteiger partial charge in [0.05, 0.1) is 13.0 Å². The van der Waals surface area contributed by atoms with Gasteiger partial charge >= 0.3 is 0 Å². The van der Waals surface area contributed by atoms with Gasteiger partial charge in [-0.1, -0.05) is 29.3 Å². The second-order valence-electron chi connectivity index (χ2n) is 9.54. The molecule has 3 amide bonds. The van der Waals surface area contributed by atoms with Crippen molar-refractivity contribution in [2.45, 2.75) is 19.0 Å². The molecule has 2 fully saturated rings. The molecule has 3 aliphatic rings. The molecule has 1 atom stereocenters. The maximum absolute atomic E-state index is 13.2. The Morgan fingerprint density at radius 2 is 1.66 bits per heavy atom. The number of anilines is 1. The van der Waals surface area contributed by atoms with E-state index in [0.717, 1.165) is 49.8 Å². The number of nitrogens with zero attached hydrogens (tertiary/aromatic N) is 3. The number of hydrogen-bond donors (Lipinski definition) is 2. The lowest BCUT2D eigenvalue weighted by Gasteiger charge is -2.38. The molecule has 2 N–H and O–H groups in total. The summed E-state index contributed by atoms with van der Waals surface area (Å²) < 4.78 is 10.9. The zero-order valence-electron chi connectivity index (χ0n) is 20.8. The van der Waals surface area contributed by atoms with Gasteiger partial charge in [-0.2, -0.15) is 0 Å². The van der Waals surface area contributed by atoms with Crippen LogP contribution >= 0.6 is 23.2 Å². The van der Waals surface area contributed by atoms with Crippen molar-refractivity contribution in [1.29, 1.82) is 0 Å². The van der Waals surface area contributed by atoms with Crippen molar-refractivity contribution in [3.05, 3.63) is 52.0 Å². The van der Waals surface area contributed by atoms with E-state index in [2.05, 4.69) is 20.4 Å². The molecule has 0 radical (unpaired) electrons. The Bertz CT molecular complexity index is 1200. The molecule has 0 aromatic heterocycles. The van der Waals surface area contributed by atoms with E-state index >= 15 is 0 Å². The molecule has 0 saturated carbocycles. The van der Waals surface area contributed by atoms with E-state index in [4.69, 9.17) is 32.7 Å². The minimum atomic E-state index is -0.877. The maximum Gasteiger partial charge on any atom is 0.243 e. The van der Waals surface area contributed by atoms with Crippen LogP contribution in [0.2, 0.25) is 10.0 Å². The number of nitrogens with one attached hydrogen (secondary N) is 2. The minimum absolute atomic E-state index is 0.160. The first-order chi connectivity index (χ1) is 18.3. The van der Waals surface area contributed by atoms with Crippen LogP contribution in [0.4, 0.5) is 5.69 Å². The van der Waals surface area contributed by atoms with Crippen molar-refractivity contribution in [1.82, 2.24) is 20.0 Å². The van der Waals surface area contributed by atoms with E-state index in [1.807, 2.05) is 18.2 Å². The lowest BCUT2D eigenvalue weighted by molar-refractivity contribution is -0.145. The maximum atomic E-state index is 13.2. The summed E-state index contributed by atoms with van der Waals surface area (Å²) in [5.74, 6) is 0.649. The highest BCUT2D eigenvalue weighted by molar-refractivity contribution is 6.35. The van der Waals surface area contributed by atoms with E-state index < -0.39 is 11.9 Å². The predicted molar refractivity (Wildman–Crippen MR) is 143 cm³/mol. The smallest absolute Gasteiger partial charge is 0.243 e. The lowest BCUT2D eigenvalue weighted by Crippen LogP contribution is -2.60. The average Bonchev–Trinajstić information content (AvgIpc) is 3.34. The number of amides is 3. The molecule has 5 rings (SSSR count). The molecule has 2 saturated heterocycles. The minimum Gasteiger partial charge on any atom is -0.454 e. The highest BCUT2D eigenvalue weighted by atomic mass is 35.5. The van der Waals surface area contributed by atoms with Crippen LogP contribution in [0.3, 0.4) is 0 Å². The number of hydrogen-bond acceptors (Lipinski definition) is 7. The number of piperazine rings is 2. The van der Waals surface area contributed by atoms with Gasteiger partial charge in [0.15, 0.2) is 11.5 Å². The van der Waals surface area contributed by atoms with Crippen molar-refractivity contribution < 1.29 is 23.9 Å². The number of carbonyl (C=O) groups is 3. The Morgan fingerprint density at radius 3 is 2.42 bits per heavy atom. The molecule has 2 aromatic carbocycles. The zero-order valence-corrected chi connectivity index (χ0v) is 22.3. The number of halogens is 2. The lowest BCUT2D eigenvalue weighted by atomic mass is 10.1. The molecule has 3 aliphatic heterocycles. The van der Waals surface area contributed by atoms with E-state index in [0.29, 0.717) is 28.8 Å². The number of benzene rings is 2. The van der Waals surface area contributed by atoms with Crippen molar-refractivity contribution in [3.8, 4) is 11.5 Å². The first-order valence-corrected chi connectivity index (χ1v) is 13.3. The molecule has 0 aliphatic carbocycles. The van der Waals surface area contributed by atoms with Gasteiger partial charge in [-0.25, -0.2) is 0 Å². The van der Waals surface area contributed by atoms with E-state index in [-0.39, 0.29) is 31.6 Å². The standard InChI is InChI=1S/C26H29Cl2N5O5/c27-18-10-19(28)12-20(11-18)30-24(34)13-21-26(36)29-3-4-33(21)25(35)15-32-7-5-31(6-8-32)14-17-1-2-22-23(9-17)38-16-37-22/h1-2,9-12,21H,3-8,13-16H2,(H,29,36)(H,30,34)/t21-/m1/s1. The van der Waals surface area contributed by atoms with Crippen LogP contribution in [-0.4, -0.2) is 91.1 Å². The van der Waals surface area contributed by atoms with Gasteiger partial charge in [0.25, 0.3) is 0 Å². The fraction of sp³-hybridized carbons (Fsp3) is 0.423. The Hall–Kier alpha value is -3.05. The highest BCUT2D eigenvalue weighted by Crippen LogP contribution is 2.33. The Balaban J connectivity index is 1.12. The van der Waals surface area contributed by atoms with Crippen LogP contribution in [0, 0.1) is 0 Å². The number of carbonyl (C=O) groups excluding carboxylic acids is 3. The first kappa shape index (κ1) is 26.6. The summed E-state index contributed by atoms with van der Waals surface area (Å²) >= 11 is 12.0. The third-order valence-electron chi connectivity index (χ3n) is 6.84. The number of fused-ring (bicyclic) bond motifs is 1. The first-order valence-electron chi connectivity index (χ1n) is 12.5. The van der Waals surface area contributed by atoms with Crippen LogP contribution < -0.4 is 20.1 Å². The monoisotopic (exact) mass is 561 g/mol. The molecule has 0 unspecified atom stereocenters. The van der Waals surface area contributed by atoms with E-state index in [1.165, 1.54) is 4.90 Å². The molecule has 2 aromatic rings. The normalized spacial score (nSPS) is 19.8. The largest absolute Gasteiger partial charge is 0.454 e. The second kappa shape index (κ2) is 11.8. The van der Waals surface area contributed by atoms with Crippen LogP contribution in [0.1, 0.15) is 12.0 Å². The fourth-order valence-corrected chi connectivity index (χ4v) is 5.44. The van der Waals surface area contributed by atoms with E-state index in [1.54, 1.807) is 18.2 Å². The molecule has 3 heterocycles. The molecule has 38 heavy (non-hydrogen) atoms. The molecular formula is C26H29Cl2N5O5. The third kappa shape index (κ3) is 6.50. The molecule has 202 valence electrons. The Morgan fingerprint density at radius 1 is 0.947 bits per heavy atom. The van der Waals surface area contributed by atoms with Crippen LogP contribution in [-0.2, 0) is 20.9 Å². The molecule has 10 nitrogen and oxygen atoms in total. The number of ether oxygens (including phenoxy) is 2. The van der Waals surface area contributed by atoms with Gasteiger partial charge in [0, 0.05) is 61.5 Å². The molecular weight excluding hydrogens is 533 g/mol. The van der Waals surface area contributed by atoms with Gasteiger partial charge in [-0.15, -0.1) is 0 Å². The quantitative estimate of drug-likeness (QED) is 0.534. The van der Waals surface area contributed by atoms with Crippen LogP contribution in [0.15, 0.2) is 36.4 Å². The summed E-state index contributed by atoms with van der Waals surface area (Å²) in [7, 11) is 0. The summed E-state index contributed by atoms with van der Waals surface area (Å²) in [5.41, 5.74) is 1.58. The summed E-state index contributed by atoms with van der Waals surface area (Å²) in [5, 5.41) is 6.25. The van der Waals surface area contributed by atoms with Crippen molar-refractivity contribution in [2.75, 3.05) is 57.9 Å². The van der Waals surface area contributed by atoms with Crippen LogP contribution in [0.25, 0.3) is 0 Å². The van der Waals surface area contributed by atoms with Crippen LogP contribution in [0.5, 0.6) is 11.5 Å². The van der Waals surface area contributed by atoms with Gasteiger partial charge in [0.1, 0.15) is 6.04 Å².